The second kappa shape index (κ2) is 8.43. The number of hydrogen-bond acceptors (Lipinski definition) is 4. The van der Waals surface area contributed by atoms with Crippen LogP contribution in [0.25, 0.3) is 0 Å². The lowest BCUT2D eigenvalue weighted by molar-refractivity contribution is -0.121. The predicted molar refractivity (Wildman–Crippen MR) is 95.2 cm³/mol. The van der Waals surface area contributed by atoms with Gasteiger partial charge in [-0.3, -0.25) is 4.90 Å². The lowest BCUT2D eigenvalue weighted by atomic mass is 9.72. The van der Waals surface area contributed by atoms with E-state index in [1.807, 2.05) is 0 Å². The summed E-state index contributed by atoms with van der Waals surface area (Å²) in [6, 6.07) is 11.7. The molecule has 3 rings (SSSR count). The fourth-order valence-corrected chi connectivity index (χ4v) is 4.16. The molecular weight excluding hydrogens is 302 g/mol. The van der Waals surface area contributed by atoms with Crippen molar-refractivity contribution in [1.29, 1.82) is 0 Å². The lowest BCUT2D eigenvalue weighted by Gasteiger charge is -2.49. The Kier molecular flexibility index (Phi) is 6.28. The molecule has 0 bridgehead atoms. The smallest absolute Gasteiger partial charge is 0.147 e. The molecule has 134 valence electrons. The second-order valence-corrected chi connectivity index (χ2v) is 7.42. The van der Waals surface area contributed by atoms with E-state index in [2.05, 4.69) is 42.2 Å². The highest BCUT2D eigenvalue weighted by atomic mass is 16.7. The predicted octanol–water partition coefficient (Wildman–Crippen LogP) is 3.21. The highest BCUT2D eigenvalue weighted by Crippen LogP contribution is 2.39. The SMILES string of the molecule is COCCOCOC1CCN2CC(C)(c3ccccc3)CCC2C1. The third-order valence-corrected chi connectivity index (χ3v) is 5.66. The van der Waals surface area contributed by atoms with E-state index in [0.29, 0.717) is 32.2 Å². The van der Waals surface area contributed by atoms with Crippen LogP contribution in [0.5, 0.6) is 0 Å². The van der Waals surface area contributed by atoms with Crippen molar-refractivity contribution in [3.05, 3.63) is 35.9 Å². The van der Waals surface area contributed by atoms with E-state index < -0.39 is 0 Å². The van der Waals surface area contributed by atoms with Crippen LogP contribution in [0.3, 0.4) is 0 Å². The quantitative estimate of drug-likeness (QED) is 0.566. The van der Waals surface area contributed by atoms with Gasteiger partial charge in [-0.1, -0.05) is 37.3 Å². The van der Waals surface area contributed by atoms with E-state index in [0.717, 1.165) is 19.4 Å². The molecule has 0 N–H and O–H groups in total. The molecule has 3 unspecified atom stereocenters. The number of nitrogens with zero attached hydrogens (tertiary/aromatic N) is 1. The molecule has 1 aromatic carbocycles. The summed E-state index contributed by atoms with van der Waals surface area (Å²) in [5, 5.41) is 0. The van der Waals surface area contributed by atoms with Gasteiger partial charge in [-0.05, 0) is 31.2 Å². The first-order valence-electron chi connectivity index (χ1n) is 9.19. The largest absolute Gasteiger partial charge is 0.382 e. The van der Waals surface area contributed by atoms with Crippen molar-refractivity contribution < 1.29 is 14.2 Å². The van der Waals surface area contributed by atoms with Crippen LogP contribution in [-0.4, -0.2) is 57.3 Å². The minimum Gasteiger partial charge on any atom is -0.382 e. The van der Waals surface area contributed by atoms with Gasteiger partial charge in [0.2, 0.25) is 0 Å². The lowest BCUT2D eigenvalue weighted by Crippen LogP contribution is -2.54. The molecule has 0 spiro atoms. The molecular formula is C20H31NO3. The van der Waals surface area contributed by atoms with E-state index in [4.69, 9.17) is 14.2 Å². The van der Waals surface area contributed by atoms with E-state index in [1.165, 1.54) is 24.9 Å². The average molecular weight is 333 g/mol. The Morgan fingerprint density at radius 1 is 1.17 bits per heavy atom. The summed E-state index contributed by atoms with van der Waals surface area (Å²) in [6.45, 7) is 6.35. The van der Waals surface area contributed by atoms with E-state index in [-0.39, 0.29) is 5.41 Å². The highest BCUT2D eigenvalue weighted by Gasteiger charge is 2.40. The highest BCUT2D eigenvalue weighted by molar-refractivity contribution is 5.26. The number of ether oxygens (including phenoxy) is 3. The fourth-order valence-electron chi connectivity index (χ4n) is 4.16. The van der Waals surface area contributed by atoms with Crippen LogP contribution in [0.2, 0.25) is 0 Å². The minimum atomic E-state index is 0.286. The van der Waals surface area contributed by atoms with Crippen LogP contribution in [0, 0.1) is 0 Å². The zero-order valence-corrected chi connectivity index (χ0v) is 15.1. The van der Waals surface area contributed by atoms with Crippen molar-refractivity contribution in [2.75, 3.05) is 40.2 Å². The molecule has 0 aromatic heterocycles. The molecule has 2 fully saturated rings. The van der Waals surface area contributed by atoms with Gasteiger partial charge >= 0.3 is 0 Å². The summed E-state index contributed by atoms with van der Waals surface area (Å²) in [6.07, 6.45) is 5.10. The Bertz CT molecular complexity index is 495. The van der Waals surface area contributed by atoms with Crippen molar-refractivity contribution in [2.24, 2.45) is 0 Å². The Morgan fingerprint density at radius 2 is 2.00 bits per heavy atom. The van der Waals surface area contributed by atoms with Crippen LogP contribution < -0.4 is 0 Å². The average Bonchev–Trinajstić information content (AvgIpc) is 2.62. The van der Waals surface area contributed by atoms with Crippen molar-refractivity contribution in [1.82, 2.24) is 4.90 Å². The van der Waals surface area contributed by atoms with Gasteiger partial charge in [0.25, 0.3) is 0 Å². The van der Waals surface area contributed by atoms with Gasteiger partial charge in [-0.25, -0.2) is 0 Å². The van der Waals surface area contributed by atoms with Crippen LogP contribution in [0.4, 0.5) is 0 Å². The van der Waals surface area contributed by atoms with Crippen LogP contribution in [0.15, 0.2) is 30.3 Å². The van der Waals surface area contributed by atoms with Gasteiger partial charge < -0.3 is 14.2 Å². The number of methoxy groups -OCH3 is 1. The summed E-state index contributed by atoms with van der Waals surface area (Å²) >= 11 is 0. The summed E-state index contributed by atoms with van der Waals surface area (Å²) in [4.78, 5) is 2.68. The van der Waals surface area contributed by atoms with Crippen molar-refractivity contribution >= 4 is 0 Å². The molecule has 3 atom stereocenters. The van der Waals surface area contributed by atoms with Crippen LogP contribution in [-0.2, 0) is 19.6 Å². The topological polar surface area (TPSA) is 30.9 Å². The minimum absolute atomic E-state index is 0.286. The third-order valence-electron chi connectivity index (χ3n) is 5.66. The molecule has 0 aliphatic carbocycles. The third kappa shape index (κ3) is 4.37. The van der Waals surface area contributed by atoms with Gasteiger partial charge in [-0.15, -0.1) is 0 Å². The first kappa shape index (κ1) is 17.9. The zero-order valence-electron chi connectivity index (χ0n) is 15.1. The van der Waals surface area contributed by atoms with Gasteiger partial charge in [-0.2, -0.15) is 0 Å². The van der Waals surface area contributed by atoms with Gasteiger partial charge in [0.15, 0.2) is 0 Å². The summed E-state index contributed by atoms with van der Waals surface area (Å²) in [7, 11) is 1.69. The Balaban J connectivity index is 1.47. The molecule has 1 aromatic rings. The van der Waals surface area contributed by atoms with E-state index >= 15 is 0 Å². The van der Waals surface area contributed by atoms with E-state index in [1.54, 1.807) is 7.11 Å². The molecule has 4 heteroatoms. The standard InChI is InChI=1S/C20H31NO3/c1-20(17-6-4-3-5-7-17)10-8-18-14-19(9-11-21(18)15-20)24-16-23-13-12-22-2/h3-7,18-19H,8-16H2,1-2H3. The fraction of sp³-hybridized carbons (Fsp3) is 0.700. The molecule has 0 saturated carbocycles. The zero-order chi connectivity index (χ0) is 16.8. The number of piperidine rings is 2. The summed E-state index contributed by atoms with van der Waals surface area (Å²) in [5.41, 5.74) is 1.77. The maximum Gasteiger partial charge on any atom is 0.147 e. The molecule has 24 heavy (non-hydrogen) atoms. The second-order valence-electron chi connectivity index (χ2n) is 7.42. The molecule has 2 aliphatic rings. The normalized spacial score (nSPS) is 30.9. The molecule has 0 amide bonds. The first-order chi connectivity index (χ1) is 11.7. The summed E-state index contributed by atoms with van der Waals surface area (Å²) in [5.74, 6) is 0. The molecule has 0 radical (unpaired) electrons. The van der Waals surface area contributed by atoms with Crippen molar-refractivity contribution in [3.8, 4) is 0 Å². The Labute approximate surface area is 146 Å². The van der Waals surface area contributed by atoms with Crippen molar-refractivity contribution in [3.63, 3.8) is 0 Å². The molecule has 4 nitrogen and oxygen atoms in total. The molecule has 2 saturated heterocycles. The summed E-state index contributed by atoms with van der Waals surface area (Å²) < 4.78 is 16.3. The first-order valence-corrected chi connectivity index (χ1v) is 9.19. The van der Waals surface area contributed by atoms with Crippen molar-refractivity contribution in [2.45, 2.75) is 50.2 Å². The van der Waals surface area contributed by atoms with Gasteiger partial charge in [0, 0.05) is 31.7 Å². The number of fused-ring (bicyclic) bond motifs is 1. The van der Waals surface area contributed by atoms with Gasteiger partial charge in [0.05, 0.1) is 19.3 Å². The van der Waals surface area contributed by atoms with E-state index in [9.17, 15) is 0 Å². The number of benzene rings is 1. The number of rotatable bonds is 7. The maximum absolute atomic E-state index is 5.91. The molecule has 2 heterocycles. The number of hydrogen-bond donors (Lipinski definition) is 0. The monoisotopic (exact) mass is 333 g/mol. The van der Waals surface area contributed by atoms with Gasteiger partial charge in [0.1, 0.15) is 6.79 Å². The Morgan fingerprint density at radius 3 is 2.79 bits per heavy atom. The molecule has 2 aliphatic heterocycles. The van der Waals surface area contributed by atoms with Crippen LogP contribution in [0.1, 0.15) is 38.2 Å². The Hall–Kier alpha value is -0.940. The van der Waals surface area contributed by atoms with Crippen LogP contribution >= 0.6 is 0 Å². The maximum atomic E-state index is 5.91.